The van der Waals surface area contributed by atoms with Crippen LogP contribution >= 0.6 is 0 Å². The zero-order chi connectivity index (χ0) is 10.2. The van der Waals surface area contributed by atoms with Crippen molar-refractivity contribution < 1.29 is 4.74 Å². The molecule has 0 atom stereocenters. The summed E-state index contributed by atoms with van der Waals surface area (Å²) < 4.78 is 6.89. The van der Waals surface area contributed by atoms with Gasteiger partial charge in [-0.3, -0.25) is 0 Å². The summed E-state index contributed by atoms with van der Waals surface area (Å²) in [6.45, 7) is 3.69. The van der Waals surface area contributed by atoms with E-state index in [0.29, 0.717) is 15.0 Å². The van der Waals surface area contributed by atoms with Crippen molar-refractivity contribution in [2.75, 3.05) is 13.2 Å². The molecule has 2 nitrogen and oxygen atoms in total. The minimum atomic E-state index is 0.526. The van der Waals surface area contributed by atoms with Gasteiger partial charge in [0.25, 0.3) is 0 Å². The molecule has 0 radical (unpaired) electrons. The first-order valence-corrected chi connectivity index (χ1v) is 6.99. The molecule has 1 rings (SSSR count). The first-order chi connectivity index (χ1) is 6.86. The van der Waals surface area contributed by atoms with Crippen molar-refractivity contribution in [3.63, 3.8) is 0 Å². The molecule has 0 bridgehead atoms. The van der Waals surface area contributed by atoms with E-state index in [1.165, 1.54) is 4.46 Å². The van der Waals surface area contributed by atoms with E-state index in [9.17, 15) is 0 Å². The van der Waals surface area contributed by atoms with E-state index in [-0.39, 0.29) is 0 Å². The van der Waals surface area contributed by atoms with Crippen LogP contribution in [0.25, 0.3) is 0 Å². The van der Waals surface area contributed by atoms with Gasteiger partial charge in [-0.05, 0) is 0 Å². The van der Waals surface area contributed by atoms with Crippen LogP contribution in [0.4, 0.5) is 0 Å². The monoisotopic (exact) mass is 259 g/mol. The summed E-state index contributed by atoms with van der Waals surface area (Å²) in [4.78, 5) is 0. The van der Waals surface area contributed by atoms with Gasteiger partial charge < -0.3 is 0 Å². The zero-order valence-corrected chi connectivity index (χ0v) is 10.2. The predicted octanol–water partition coefficient (Wildman–Crippen LogP) is 1.18. The Morgan fingerprint density at radius 2 is 2.00 bits per heavy atom. The fourth-order valence-electron chi connectivity index (χ4n) is 1.03. The molecule has 0 spiro atoms. The van der Waals surface area contributed by atoms with Crippen LogP contribution in [0.5, 0.6) is 5.75 Å². The Bertz CT molecular complexity index is 221. The van der Waals surface area contributed by atoms with Crippen molar-refractivity contribution in [3.8, 4) is 5.75 Å². The summed E-state index contributed by atoms with van der Waals surface area (Å²) in [5, 5.41) is 1.11. The molecule has 0 saturated heterocycles. The summed E-state index contributed by atoms with van der Waals surface area (Å²) in [5.41, 5.74) is 5.46. The Balaban J connectivity index is 2.42. The molecule has 1 aromatic rings. The molecule has 3 heteroatoms. The minimum absolute atomic E-state index is 0.526. The number of hydrogen-bond acceptors (Lipinski definition) is 2. The van der Waals surface area contributed by atoms with Gasteiger partial charge in [-0.1, -0.05) is 0 Å². The van der Waals surface area contributed by atoms with Gasteiger partial charge >= 0.3 is 91.7 Å². The molecule has 1 aromatic carbocycles. The molecule has 0 unspecified atom stereocenters. The van der Waals surface area contributed by atoms with Gasteiger partial charge in [-0.15, -0.1) is 0 Å². The maximum atomic E-state index is 5.50. The van der Waals surface area contributed by atoms with Crippen molar-refractivity contribution in [1.29, 1.82) is 0 Å². The van der Waals surface area contributed by atoms with Crippen LogP contribution in [0.1, 0.15) is 13.3 Å². The van der Waals surface area contributed by atoms with E-state index >= 15 is 0 Å². The van der Waals surface area contributed by atoms with Gasteiger partial charge in [0.15, 0.2) is 0 Å². The Hall–Kier alpha value is -0.501. The first kappa shape index (κ1) is 11.6. The van der Waals surface area contributed by atoms with Crippen LogP contribution < -0.4 is 14.9 Å². The van der Waals surface area contributed by atoms with E-state index in [1.54, 1.807) is 0 Å². The van der Waals surface area contributed by atoms with Crippen molar-refractivity contribution in [1.82, 2.24) is 0 Å². The number of nitrogens with two attached hydrogens (primary N) is 1. The first-order valence-electron chi connectivity index (χ1n) is 4.92. The van der Waals surface area contributed by atoms with Crippen LogP contribution in [0.2, 0.25) is 5.32 Å². The Morgan fingerprint density at radius 3 is 2.57 bits per heavy atom. The Morgan fingerprint density at radius 1 is 1.29 bits per heavy atom. The van der Waals surface area contributed by atoms with Gasteiger partial charge in [0.05, 0.1) is 0 Å². The van der Waals surface area contributed by atoms with Crippen molar-refractivity contribution in [2.24, 2.45) is 5.73 Å². The average Bonchev–Trinajstić information content (AvgIpc) is 2.25. The second-order valence-corrected chi connectivity index (χ2v) is 5.41. The molecular formula is C11H17NOSe. The second kappa shape index (κ2) is 6.88. The molecule has 78 valence electrons. The molecule has 14 heavy (non-hydrogen) atoms. The van der Waals surface area contributed by atoms with Crippen LogP contribution in [0, 0.1) is 0 Å². The molecule has 0 aromatic heterocycles. The summed E-state index contributed by atoms with van der Waals surface area (Å²) in [6, 6.07) is 8.37. The van der Waals surface area contributed by atoms with Crippen molar-refractivity contribution >= 4 is 19.4 Å². The summed E-state index contributed by atoms with van der Waals surface area (Å²) in [7, 11) is 0. The van der Waals surface area contributed by atoms with Gasteiger partial charge in [0, 0.05) is 0 Å². The Labute approximate surface area is 92.0 Å². The van der Waals surface area contributed by atoms with Crippen LogP contribution in [-0.4, -0.2) is 28.1 Å². The third-order valence-electron chi connectivity index (χ3n) is 1.68. The zero-order valence-electron chi connectivity index (χ0n) is 8.53. The molecule has 0 saturated carbocycles. The molecule has 0 heterocycles. The fraction of sp³-hybridized carbons (Fsp3) is 0.455. The normalized spacial score (nSPS) is 10.1. The third-order valence-corrected chi connectivity index (χ3v) is 3.88. The quantitative estimate of drug-likeness (QED) is 0.778. The van der Waals surface area contributed by atoms with Gasteiger partial charge in [0.2, 0.25) is 0 Å². The predicted molar refractivity (Wildman–Crippen MR) is 61.5 cm³/mol. The van der Waals surface area contributed by atoms with E-state index in [4.69, 9.17) is 10.5 Å². The average molecular weight is 258 g/mol. The number of rotatable bonds is 6. The van der Waals surface area contributed by atoms with Crippen molar-refractivity contribution in [3.05, 3.63) is 24.3 Å². The molecule has 0 aliphatic carbocycles. The third kappa shape index (κ3) is 4.14. The van der Waals surface area contributed by atoms with Crippen LogP contribution in [0.15, 0.2) is 24.3 Å². The van der Waals surface area contributed by atoms with Gasteiger partial charge in [0.1, 0.15) is 0 Å². The molecule has 0 aliphatic rings. The van der Waals surface area contributed by atoms with E-state index in [1.807, 2.05) is 12.1 Å². The fourth-order valence-corrected chi connectivity index (χ4v) is 2.46. The second-order valence-electron chi connectivity index (χ2n) is 2.96. The van der Waals surface area contributed by atoms with Gasteiger partial charge in [-0.2, -0.15) is 0 Å². The number of hydrogen-bond donors (Lipinski definition) is 1. The van der Waals surface area contributed by atoms with Crippen LogP contribution in [-0.2, 0) is 0 Å². The topological polar surface area (TPSA) is 35.2 Å². The molecule has 0 amide bonds. The van der Waals surface area contributed by atoms with Gasteiger partial charge in [-0.25, -0.2) is 0 Å². The van der Waals surface area contributed by atoms with E-state index in [0.717, 1.165) is 30.6 Å². The van der Waals surface area contributed by atoms with Crippen molar-refractivity contribution in [2.45, 2.75) is 18.7 Å². The molecule has 2 N–H and O–H groups in total. The van der Waals surface area contributed by atoms with E-state index < -0.39 is 0 Å². The Kier molecular flexibility index (Phi) is 5.69. The number of ether oxygens (including phenoxy) is 1. The maximum absolute atomic E-state index is 5.50. The molecule has 0 fully saturated rings. The van der Waals surface area contributed by atoms with E-state index in [2.05, 4.69) is 19.1 Å². The SMILES string of the molecule is CCCOc1ccc([Se]CCN)cc1. The number of benzene rings is 1. The summed E-state index contributed by atoms with van der Waals surface area (Å²) in [6.07, 6.45) is 1.05. The van der Waals surface area contributed by atoms with Crippen LogP contribution in [0.3, 0.4) is 0 Å². The summed E-state index contributed by atoms with van der Waals surface area (Å²) in [5.74, 6) is 0.971. The summed E-state index contributed by atoms with van der Waals surface area (Å²) >= 11 is 0.526. The molecule has 0 aliphatic heterocycles. The molecular weight excluding hydrogens is 241 g/mol. The standard InChI is InChI=1S/C11H17NOSe/c1-2-8-13-10-3-5-11(6-4-10)14-9-7-12/h3-6H,2,7-9,12H2,1H3.